The van der Waals surface area contributed by atoms with Crippen LogP contribution in [-0.4, -0.2) is 50.1 Å². The standard InChI is InChI=1S/C21H26F3IN4O3S/c1-13(30)11-26-12-14-6-8-29(9-7-14)33(31,32)28-19-5-3-16(22)20(24)21(19)27-18-4-2-15(25)10-17(18)23/h2-5,10,13-14,26-28,30H,6-9,11-12H2,1H3. The Morgan fingerprint density at radius 1 is 1.12 bits per heavy atom. The van der Waals surface area contributed by atoms with Crippen molar-refractivity contribution < 1.29 is 26.7 Å². The second kappa shape index (κ2) is 11.2. The van der Waals surface area contributed by atoms with Crippen LogP contribution < -0.4 is 15.4 Å². The fourth-order valence-electron chi connectivity index (χ4n) is 3.54. The van der Waals surface area contributed by atoms with Crippen LogP contribution >= 0.6 is 22.6 Å². The van der Waals surface area contributed by atoms with Crippen LogP contribution in [-0.2, 0) is 10.2 Å². The molecule has 33 heavy (non-hydrogen) atoms. The first-order valence-electron chi connectivity index (χ1n) is 10.4. The highest BCUT2D eigenvalue weighted by molar-refractivity contribution is 14.1. The lowest BCUT2D eigenvalue weighted by Crippen LogP contribution is -2.43. The number of halogens is 4. The van der Waals surface area contributed by atoms with E-state index in [1.54, 1.807) is 13.0 Å². The fourth-order valence-corrected chi connectivity index (χ4v) is 5.26. The molecule has 3 rings (SSSR count). The molecule has 1 heterocycles. The number of piperidine rings is 1. The number of nitrogens with one attached hydrogen (secondary N) is 3. The minimum Gasteiger partial charge on any atom is -0.392 e. The summed E-state index contributed by atoms with van der Waals surface area (Å²) in [6, 6.07) is 6.05. The third-order valence-corrected chi connectivity index (χ3v) is 7.50. The normalized spacial score (nSPS) is 16.5. The van der Waals surface area contributed by atoms with E-state index >= 15 is 0 Å². The van der Waals surface area contributed by atoms with E-state index in [4.69, 9.17) is 0 Å². The highest BCUT2D eigenvalue weighted by atomic mass is 127. The molecule has 0 bridgehead atoms. The van der Waals surface area contributed by atoms with Crippen molar-refractivity contribution in [3.63, 3.8) is 0 Å². The van der Waals surface area contributed by atoms with Crippen molar-refractivity contribution in [3.05, 3.63) is 51.4 Å². The molecule has 2 aromatic carbocycles. The van der Waals surface area contributed by atoms with E-state index in [1.807, 2.05) is 22.6 Å². The van der Waals surface area contributed by atoms with Crippen molar-refractivity contribution in [2.45, 2.75) is 25.9 Å². The maximum atomic E-state index is 14.6. The van der Waals surface area contributed by atoms with Gasteiger partial charge in [-0.15, -0.1) is 0 Å². The Kier molecular flexibility index (Phi) is 8.83. The Bertz CT molecular complexity index is 1080. The molecule has 7 nitrogen and oxygen atoms in total. The molecule has 0 radical (unpaired) electrons. The number of anilines is 3. The molecule has 0 aromatic heterocycles. The predicted molar refractivity (Wildman–Crippen MR) is 130 cm³/mol. The van der Waals surface area contributed by atoms with Gasteiger partial charge in [0, 0.05) is 23.2 Å². The molecule has 2 aromatic rings. The number of benzene rings is 2. The molecule has 0 amide bonds. The van der Waals surface area contributed by atoms with Gasteiger partial charge >= 0.3 is 10.2 Å². The molecule has 1 fully saturated rings. The van der Waals surface area contributed by atoms with Gasteiger partial charge in [-0.3, -0.25) is 4.72 Å². The van der Waals surface area contributed by atoms with Gasteiger partial charge in [-0.1, -0.05) is 0 Å². The molecule has 0 spiro atoms. The molecule has 1 atom stereocenters. The van der Waals surface area contributed by atoms with Gasteiger partial charge < -0.3 is 15.7 Å². The molecule has 0 saturated carbocycles. The molecular weight excluding hydrogens is 572 g/mol. The molecule has 1 aliphatic heterocycles. The molecule has 12 heteroatoms. The number of rotatable bonds is 9. The zero-order valence-corrected chi connectivity index (χ0v) is 20.9. The van der Waals surface area contributed by atoms with Crippen molar-refractivity contribution in [1.82, 2.24) is 9.62 Å². The zero-order chi connectivity index (χ0) is 24.2. The SMILES string of the molecule is CC(O)CNCC1CCN(S(=O)(=O)Nc2ccc(F)c(F)c2Nc2ccc(I)cc2F)CC1. The monoisotopic (exact) mass is 598 g/mol. The summed E-state index contributed by atoms with van der Waals surface area (Å²) < 4.78 is 72.7. The average Bonchev–Trinajstić information content (AvgIpc) is 2.75. The first kappa shape index (κ1) is 26.0. The summed E-state index contributed by atoms with van der Waals surface area (Å²) in [7, 11) is -4.06. The van der Waals surface area contributed by atoms with E-state index in [-0.39, 0.29) is 30.4 Å². The fraction of sp³-hybridized carbons (Fsp3) is 0.429. The quantitative estimate of drug-likeness (QED) is 0.330. The first-order chi connectivity index (χ1) is 15.6. The summed E-state index contributed by atoms with van der Waals surface area (Å²) in [5, 5.41) is 14.9. The smallest absolute Gasteiger partial charge is 0.301 e. The Morgan fingerprint density at radius 3 is 2.42 bits per heavy atom. The largest absolute Gasteiger partial charge is 0.392 e. The van der Waals surface area contributed by atoms with Gasteiger partial charge in [0.15, 0.2) is 11.6 Å². The van der Waals surface area contributed by atoms with Crippen LogP contribution in [0.1, 0.15) is 19.8 Å². The Labute approximate surface area is 205 Å². The molecule has 1 aliphatic rings. The van der Waals surface area contributed by atoms with Crippen LogP contribution in [0.2, 0.25) is 0 Å². The third kappa shape index (κ3) is 6.94. The van der Waals surface area contributed by atoms with E-state index in [9.17, 15) is 26.7 Å². The van der Waals surface area contributed by atoms with Crippen LogP contribution in [0, 0.1) is 26.9 Å². The van der Waals surface area contributed by atoms with Gasteiger partial charge in [0.05, 0.1) is 17.5 Å². The van der Waals surface area contributed by atoms with E-state index in [2.05, 4.69) is 15.4 Å². The molecule has 0 aliphatic carbocycles. The van der Waals surface area contributed by atoms with Gasteiger partial charge in [-0.05, 0) is 85.2 Å². The average molecular weight is 598 g/mol. The number of hydrogen-bond donors (Lipinski definition) is 4. The molecule has 1 saturated heterocycles. The van der Waals surface area contributed by atoms with Crippen molar-refractivity contribution in [3.8, 4) is 0 Å². The summed E-state index contributed by atoms with van der Waals surface area (Å²) in [5.41, 5.74) is -0.852. The van der Waals surface area contributed by atoms with Crippen molar-refractivity contribution in [2.75, 3.05) is 36.2 Å². The van der Waals surface area contributed by atoms with Gasteiger partial charge in [0.1, 0.15) is 11.5 Å². The van der Waals surface area contributed by atoms with Crippen LogP contribution in [0.3, 0.4) is 0 Å². The van der Waals surface area contributed by atoms with Gasteiger partial charge in [0.25, 0.3) is 0 Å². The van der Waals surface area contributed by atoms with Crippen LogP contribution in [0.15, 0.2) is 30.3 Å². The number of aliphatic hydroxyl groups is 1. The van der Waals surface area contributed by atoms with Crippen LogP contribution in [0.5, 0.6) is 0 Å². The highest BCUT2D eigenvalue weighted by Crippen LogP contribution is 2.33. The maximum absolute atomic E-state index is 14.6. The molecule has 1 unspecified atom stereocenters. The second-order valence-electron chi connectivity index (χ2n) is 7.99. The summed E-state index contributed by atoms with van der Waals surface area (Å²) in [4.78, 5) is 0. The van der Waals surface area contributed by atoms with Gasteiger partial charge in [-0.2, -0.15) is 12.7 Å². The lowest BCUT2D eigenvalue weighted by molar-refractivity contribution is 0.184. The predicted octanol–water partition coefficient (Wildman–Crippen LogP) is 3.79. The Morgan fingerprint density at radius 2 is 1.79 bits per heavy atom. The minimum absolute atomic E-state index is 0.120. The topological polar surface area (TPSA) is 93.7 Å². The lowest BCUT2D eigenvalue weighted by atomic mass is 9.98. The number of hydrogen-bond acceptors (Lipinski definition) is 5. The van der Waals surface area contributed by atoms with E-state index in [1.165, 1.54) is 16.4 Å². The Balaban J connectivity index is 1.73. The third-order valence-electron chi connectivity index (χ3n) is 5.31. The van der Waals surface area contributed by atoms with Crippen LogP contribution in [0.25, 0.3) is 0 Å². The van der Waals surface area contributed by atoms with E-state index < -0.39 is 39.5 Å². The number of aliphatic hydroxyl groups excluding tert-OH is 1. The first-order valence-corrected chi connectivity index (χ1v) is 13.0. The Hall–Kier alpha value is -1.61. The summed E-state index contributed by atoms with van der Waals surface area (Å²) in [6.45, 7) is 3.34. The summed E-state index contributed by atoms with van der Waals surface area (Å²) >= 11 is 1.91. The van der Waals surface area contributed by atoms with E-state index in [0.717, 1.165) is 12.1 Å². The second-order valence-corrected chi connectivity index (χ2v) is 10.9. The highest BCUT2D eigenvalue weighted by Gasteiger charge is 2.29. The molecule has 182 valence electrons. The summed E-state index contributed by atoms with van der Waals surface area (Å²) in [6.07, 6.45) is 0.774. The maximum Gasteiger partial charge on any atom is 0.301 e. The van der Waals surface area contributed by atoms with Gasteiger partial charge in [-0.25, -0.2) is 13.2 Å². The minimum atomic E-state index is -4.06. The zero-order valence-electron chi connectivity index (χ0n) is 17.9. The molecular formula is C21H26F3IN4O3S. The number of nitrogens with zero attached hydrogens (tertiary/aromatic N) is 1. The molecule has 4 N–H and O–H groups in total. The summed E-state index contributed by atoms with van der Waals surface area (Å²) in [5.74, 6) is -2.95. The van der Waals surface area contributed by atoms with Gasteiger partial charge in [0.2, 0.25) is 0 Å². The van der Waals surface area contributed by atoms with Crippen LogP contribution in [0.4, 0.5) is 30.2 Å². The van der Waals surface area contributed by atoms with Crippen molar-refractivity contribution in [2.24, 2.45) is 5.92 Å². The van der Waals surface area contributed by atoms with Crippen molar-refractivity contribution in [1.29, 1.82) is 0 Å². The van der Waals surface area contributed by atoms with Crippen molar-refractivity contribution >= 4 is 49.9 Å². The van der Waals surface area contributed by atoms with E-state index in [0.29, 0.717) is 29.5 Å². The lowest BCUT2D eigenvalue weighted by Gasteiger charge is -2.31.